The zero-order valence-corrected chi connectivity index (χ0v) is 11.5. The van der Waals surface area contributed by atoms with Gasteiger partial charge in [-0.1, -0.05) is 18.9 Å². The maximum Gasteiger partial charge on any atom is 0.253 e. The van der Waals surface area contributed by atoms with Gasteiger partial charge in [-0.2, -0.15) is 5.10 Å². The van der Waals surface area contributed by atoms with Gasteiger partial charge in [-0.05, 0) is 37.1 Å². The number of rotatable bonds is 2. The Morgan fingerprint density at radius 2 is 1.85 bits per heavy atom. The largest absolute Gasteiger partial charge is 0.339 e. The molecule has 20 heavy (non-hydrogen) atoms. The predicted octanol–water partition coefficient (Wildman–Crippen LogP) is 2.89. The van der Waals surface area contributed by atoms with Crippen molar-refractivity contribution in [2.45, 2.75) is 25.7 Å². The molecule has 0 aliphatic carbocycles. The first-order valence-electron chi connectivity index (χ1n) is 7.24. The summed E-state index contributed by atoms with van der Waals surface area (Å²) in [5, 5.41) is 4.21. The molecule has 1 saturated heterocycles. The number of likely N-dealkylation sites (tertiary alicyclic amines) is 1. The van der Waals surface area contributed by atoms with Gasteiger partial charge >= 0.3 is 0 Å². The lowest BCUT2D eigenvalue weighted by Crippen LogP contribution is -2.31. The molecule has 0 bridgehead atoms. The van der Waals surface area contributed by atoms with Gasteiger partial charge in [-0.25, -0.2) is 4.68 Å². The molecule has 0 unspecified atom stereocenters. The fourth-order valence-electron chi connectivity index (χ4n) is 2.66. The van der Waals surface area contributed by atoms with Crippen LogP contribution in [0, 0.1) is 0 Å². The van der Waals surface area contributed by atoms with Crippen LogP contribution < -0.4 is 0 Å². The molecule has 1 fully saturated rings. The van der Waals surface area contributed by atoms with Gasteiger partial charge in [0.05, 0.1) is 5.69 Å². The number of nitrogens with zero attached hydrogens (tertiary/aromatic N) is 3. The van der Waals surface area contributed by atoms with Gasteiger partial charge in [0, 0.05) is 31.0 Å². The highest BCUT2D eigenvalue weighted by molar-refractivity contribution is 5.94. The van der Waals surface area contributed by atoms with Crippen LogP contribution in [0.2, 0.25) is 0 Å². The molecule has 1 aliphatic rings. The van der Waals surface area contributed by atoms with Crippen LogP contribution in [0.5, 0.6) is 0 Å². The fourth-order valence-corrected chi connectivity index (χ4v) is 2.66. The van der Waals surface area contributed by atoms with Crippen LogP contribution in [-0.4, -0.2) is 33.7 Å². The summed E-state index contributed by atoms with van der Waals surface area (Å²) in [5.74, 6) is 0.140. The standard InChI is InChI=1S/C16H19N3O/c20-16(18-10-3-1-2-4-11-18)14-7-5-8-15(13-14)19-12-6-9-17-19/h5-9,12-13H,1-4,10-11H2. The minimum Gasteiger partial charge on any atom is -0.339 e. The Morgan fingerprint density at radius 1 is 1.05 bits per heavy atom. The van der Waals surface area contributed by atoms with Gasteiger partial charge in [-0.3, -0.25) is 4.79 Å². The van der Waals surface area contributed by atoms with Crippen molar-refractivity contribution >= 4 is 5.91 Å². The van der Waals surface area contributed by atoms with Gasteiger partial charge in [0.15, 0.2) is 0 Å². The second kappa shape index (κ2) is 5.90. The third-order valence-corrected chi connectivity index (χ3v) is 3.76. The van der Waals surface area contributed by atoms with E-state index in [1.165, 1.54) is 12.8 Å². The highest BCUT2D eigenvalue weighted by Gasteiger charge is 2.17. The highest BCUT2D eigenvalue weighted by Crippen LogP contribution is 2.15. The predicted molar refractivity (Wildman–Crippen MR) is 77.9 cm³/mol. The molecule has 2 aromatic rings. The third kappa shape index (κ3) is 2.74. The second-order valence-electron chi connectivity index (χ2n) is 5.21. The minimum atomic E-state index is 0.140. The smallest absolute Gasteiger partial charge is 0.253 e. The van der Waals surface area contributed by atoms with E-state index in [1.807, 2.05) is 41.4 Å². The SMILES string of the molecule is O=C(c1cccc(-n2cccn2)c1)N1CCCCCC1. The van der Waals surface area contributed by atoms with Crippen molar-refractivity contribution in [3.05, 3.63) is 48.3 Å². The van der Waals surface area contributed by atoms with Gasteiger partial charge in [0.25, 0.3) is 5.91 Å². The van der Waals surface area contributed by atoms with Crippen LogP contribution in [0.3, 0.4) is 0 Å². The first kappa shape index (κ1) is 12.9. The Kier molecular flexibility index (Phi) is 3.81. The topological polar surface area (TPSA) is 38.1 Å². The molecule has 0 atom stereocenters. The summed E-state index contributed by atoms with van der Waals surface area (Å²) < 4.78 is 1.78. The lowest BCUT2D eigenvalue weighted by molar-refractivity contribution is 0.0761. The van der Waals surface area contributed by atoms with E-state index < -0.39 is 0 Å². The van der Waals surface area contributed by atoms with Crippen molar-refractivity contribution in [3.8, 4) is 5.69 Å². The lowest BCUT2D eigenvalue weighted by atomic mass is 10.1. The third-order valence-electron chi connectivity index (χ3n) is 3.76. The van der Waals surface area contributed by atoms with Crippen molar-refractivity contribution in [1.29, 1.82) is 0 Å². The van der Waals surface area contributed by atoms with Crippen LogP contribution in [0.1, 0.15) is 36.0 Å². The van der Waals surface area contributed by atoms with Crippen LogP contribution in [0.25, 0.3) is 5.69 Å². The first-order chi connectivity index (χ1) is 9.84. The van der Waals surface area contributed by atoms with Crippen LogP contribution >= 0.6 is 0 Å². The molecule has 3 rings (SSSR count). The van der Waals surface area contributed by atoms with E-state index >= 15 is 0 Å². The van der Waals surface area contributed by atoms with Crippen molar-refractivity contribution < 1.29 is 4.79 Å². The lowest BCUT2D eigenvalue weighted by Gasteiger charge is -2.20. The monoisotopic (exact) mass is 269 g/mol. The maximum atomic E-state index is 12.6. The Hall–Kier alpha value is -2.10. The molecule has 0 N–H and O–H groups in total. The fraction of sp³-hybridized carbons (Fsp3) is 0.375. The second-order valence-corrected chi connectivity index (χ2v) is 5.21. The highest BCUT2D eigenvalue weighted by atomic mass is 16.2. The number of benzene rings is 1. The van der Waals surface area contributed by atoms with Crippen molar-refractivity contribution in [2.24, 2.45) is 0 Å². The number of hydrogen-bond donors (Lipinski definition) is 0. The van der Waals surface area contributed by atoms with E-state index in [9.17, 15) is 4.79 Å². The summed E-state index contributed by atoms with van der Waals surface area (Å²) >= 11 is 0. The van der Waals surface area contributed by atoms with E-state index in [4.69, 9.17) is 0 Å². The molecule has 1 aliphatic heterocycles. The van der Waals surface area contributed by atoms with Gasteiger partial charge < -0.3 is 4.90 Å². The number of carbonyl (C=O) groups excluding carboxylic acids is 1. The Balaban J connectivity index is 1.82. The van der Waals surface area contributed by atoms with Gasteiger partial charge in [0.2, 0.25) is 0 Å². The molecule has 1 aromatic carbocycles. The van der Waals surface area contributed by atoms with Gasteiger partial charge in [0.1, 0.15) is 0 Å². The van der Waals surface area contributed by atoms with E-state index in [0.717, 1.165) is 37.2 Å². The Bertz CT molecular complexity index is 569. The molecule has 4 nitrogen and oxygen atoms in total. The van der Waals surface area contributed by atoms with Crippen molar-refractivity contribution in [2.75, 3.05) is 13.1 Å². The summed E-state index contributed by atoms with van der Waals surface area (Å²) in [7, 11) is 0. The van der Waals surface area contributed by atoms with Crippen LogP contribution in [0.15, 0.2) is 42.7 Å². The summed E-state index contributed by atoms with van der Waals surface area (Å²) in [6.07, 6.45) is 8.32. The maximum absolute atomic E-state index is 12.6. The molecule has 1 amide bonds. The normalized spacial score (nSPS) is 15.9. The Morgan fingerprint density at radius 3 is 2.55 bits per heavy atom. The molecule has 0 radical (unpaired) electrons. The number of aromatic nitrogens is 2. The van der Waals surface area contributed by atoms with E-state index in [0.29, 0.717) is 0 Å². The van der Waals surface area contributed by atoms with Crippen LogP contribution in [0.4, 0.5) is 0 Å². The zero-order chi connectivity index (χ0) is 13.8. The van der Waals surface area contributed by atoms with Crippen molar-refractivity contribution in [1.82, 2.24) is 14.7 Å². The van der Waals surface area contributed by atoms with Gasteiger partial charge in [-0.15, -0.1) is 0 Å². The molecule has 0 spiro atoms. The number of hydrogen-bond acceptors (Lipinski definition) is 2. The molecule has 2 heterocycles. The molecule has 104 valence electrons. The first-order valence-corrected chi connectivity index (χ1v) is 7.24. The van der Waals surface area contributed by atoms with E-state index in [1.54, 1.807) is 10.9 Å². The average molecular weight is 269 g/mol. The van der Waals surface area contributed by atoms with E-state index in [2.05, 4.69) is 5.10 Å². The average Bonchev–Trinajstić information content (AvgIpc) is 2.89. The molecule has 1 aromatic heterocycles. The number of carbonyl (C=O) groups is 1. The summed E-state index contributed by atoms with van der Waals surface area (Å²) in [5.41, 5.74) is 1.68. The zero-order valence-electron chi connectivity index (χ0n) is 11.5. The number of amides is 1. The molecular formula is C16H19N3O. The summed E-state index contributed by atoms with van der Waals surface area (Å²) in [4.78, 5) is 14.6. The molecule has 0 saturated carbocycles. The van der Waals surface area contributed by atoms with Crippen LogP contribution in [-0.2, 0) is 0 Å². The van der Waals surface area contributed by atoms with Crippen molar-refractivity contribution in [3.63, 3.8) is 0 Å². The minimum absolute atomic E-state index is 0.140. The molecule has 4 heteroatoms. The quantitative estimate of drug-likeness (QED) is 0.840. The summed E-state index contributed by atoms with van der Waals surface area (Å²) in [6, 6.07) is 9.57. The Labute approximate surface area is 119 Å². The molecular weight excluding hydrogens is 250 g/mol. The van der Waals surface area contributed by atoms with E-state index in [-0.39, 0.29) is 5.91 Å². The summed E-state index contributed by atoms with van der Waals surface area (Å²) in [6.45, 7) is 1.76.